The third-order valence-corrected chi connectivity index (χ3v) is 7.17. The molecule has 1 saturated heterocycles. The number of carbonyl (C=O) groups excluding carboxylic acids is 1. The van der Waals surface area contributed by atoms with Crippen molar-refractivity contribution in [3.63, 3.8) is 0 Å². The molecule has 0 spiro atoms. The Morgan fingerprint density at radius 1 is 1.03 bits per heavy atom. The molecule has 0 radical (unpaired) electrons. The molecule has 1 amide bonds. The number of ether oxygens (including phenoxy) is 3. The van der Waals surface area contributed by atoms with Crippen molar-refractivity contribution in [3.8, 4) is 11.5 Å². The minimum atomic E-state index is -3.72. The van der Waals surface area contributed by atoms with Crippen molar-refractivity contribution in [2.24, 2.45) is 0 Å². The normalized spacial score (nSPS) is 14.0. The average Bonchev–Trinajstić information content (AvgIpc) is 2.82. The summed E-state index contributed by atoms with van der Waals surface area (Å²) in [7, 11) is -3.72. The van der Waals surface area contributed by atoms with Gasteiger partial charge in [-0.15, -0.1) is 0 Å². The Labute approximate surface area is 207 Å². The molecule has 1 aliphatic rings. The standard InChI is InChI=1S/C25H35N3O6S/c1-5-33-22-17-21(28-11-13-32-14-12-28)23(34-6-2)16-20(22)27-25(29)9-10-26-35(30,31)24-15-18(3)7-8-19(24)4/h7-8,15-17,26H,5-6,9-14H2,1-4H3,(H,27,29). The Kier molecular flexibility index (Phi) is 9.36. The van der Waals surface area contributed by atoms with Gasteiger partial charge in [0, 0.05) is 38.2 Å². The Morgan fingerprint density at radius 2 is 1.71 bits per heavy atom. The van der Waals surface area contributed by atoms with Crippen molar-refractivity contribution in [2.45, 2.75) is 39.0 Å². The quantitative estimate of drug-likeness (QED) is 0.483. The maximum Gasteiger partial charge on any atom is 0.240 e. The molecule has 0 atom stereocenters. The van der Waals surface area contributed by atoms with Crippen LogP contribution in [0.5, 0.6) is 11.5 Å². The minimum Gasteiger partial charge on any atom is -0.492 e. The van der Waals surface area contributed by atoms with E-state index in [4.69, 9.17) is 14.2 Å². The summed E-state index contributed by atoms with van der Waals surface area (Å²) in [6.45, 7) is 10.9. The van der Waals surface area contributed by atoms with Crippen LogP contribution in [-0.2, 0) is 19.6 Å². The average molecular weight is 506 g/mol. The van der Waals surface area contributed by atoms with Crippen LogP contribution in [0.3, 0.4) is 0 Å². The summed E-state index contributed by atoms with van der Waals surface area (Å²) in [6, 6.07) is 8.88. The van der Waals surface area contributed by atoms with Crippen molar-refractivity contribution in [1.82, 2.24) is 4.72 Å². The molecule has 0 aliphatic carbocycles. The fourth-order valence-corrected chi connectivity index (χ4v) is 5.19. The van der Waals surface area contributed by atoms with Gasteiger partial charge in [-0.2, -0.15) is 0 Å². The highest BCUT2D eigenvalue weighted by atomic mass is 32.2. The van der Waals surface area contributed by atoms with Crippen LogP contribution >= 0.6 is 0 Å². The molecule has 0 aromatic heterocycles. The van der Waals surface area contributed by atoms with Gasteiger partial charge in [-0.25, -0.2) is 13.1 Å². The van der Waals surface area contributed by atoms with E-state index >= 15 is 0 Å². The van der Waals surface area contributed by atoms with Gasteiger partial charge < -0.3 is 24.4 Å². The molecule has 1 aliphatic heterocycles. The number of hydrogen-bond acceptors (Lipinski definition) is 7. The Balaban J connectivity index is 1.71. The number of hydrogen-bond donors (Lipinski definition) is 2. The highest BCUT2D eigenvalue weighted by Gasteiger charge is 2.21. The molecule has 1 heterocycles. The largest absolute Gasteiger partial charge is 0.492 e. The van der Waals surface area contributed by atoms with Crippen LogP contribution in [0.15, 0.2) is 35.2 Å². The first-order valence-corrected chi connectivity index (χ1v) is 13.4. The van der Waals surface area contributed by atoms with Crippen LogP contribution in [0.25, 0.3) is 0 Å². The van der Waals surface area contributed by atoms with Crippen LogP contribution in [0.2, 0.25) is 0 Å². The molecular formula is C25H35N3O6S. The molecule has 2 aromatic rings. The maximum atomic E-state index is 12.7. The zero-order valence-electron chi connectivity index (χ0n) is 20.8. The Morgan fingerprint density at radius 3 is 2.40 bits per heavy atom. The number of nitrogens with zero attached hydrogens (tertiary/aromatic N) is 1. The van der Waals surface area contributed by atoms with E-state index < -0.39 is 10.0 Å². The van der Waals surface area contributed by atoms with Crippen LogP contribution in [-0.4, -0.2) is 60.4 Å². The molecule has 9 nitrogen and oxygen atoms in total. The lowest BCUT2D eigenvalue weighted by Crippen LogP contribution is -2.36. The van der Waals surface area contributed by atoms with E-state index in [9.17, 15) is 13.2 Å². The number of nitrogens with one attached hydrogen (secondary N) is 2. The van der Waals surface area contributed by atoms with Gasteiger partial charge in [-0.05, 0) is 44.9 Å². The number of anilines is 2. The summed E-state index contributed by atoms with van der Waals surface area (Å²) in [5, 5.41) is 2.85. The summed E-state index contributed by atoms with van der Waals surface area (Å²) < 4.78 is 45.0. The summed E-state index contributed by atoms with van der Waals surface area (Å²) in [6.07, 6.45) is -0.0369. The van der Waals surface area contributed by atoms with Gasteiger partial charge in [0.05, 0.1) is 42.7 Å². The molecule has 35 heavy (non-hydrogen) atoms. The molecule has 0 unspecified atom stereocenters. The fraction of sp³-hybridized carbons (Fsp3) is 0.480. The number of benzene rings is 2. The van der Waals surface area contributed by atoms with Crippen LogP contribution < -0.4 is 24.4 Å². The molecule has 0 saturated carbocycles. The summed E-state index contributed by atoms with van der Waals surface area (Å²) in [5.74, 6) is 0.835. The monoisotopic (exact) mass is 505 g/mol. The van der Waals surface area contributed by atoms with E-state index in [0.29, 0.717) is 49.2 Å². The van der Waals surface area contributed by atoms with Crippen molar-refractivity contribution < 1.29 is 27.4 Å². The molecule has 2 N–H and O–H groups in total. The van der Waals surface area contributed by atoms with Crippen molar-refractivity contribution >= 4 is 27.3 Å². The minimum absolute atomic E-state index is 0.0320. The highest BCUT2D eigenvalue weighted by Crippen LogP contribution is 2.39. The number of amides is 1. The van der Waals surface area contributed by atoms with Gasteiger partial charge in [-0.1, -0.05) is 12.1 Å². The topological polar surface area (TPSA) is 106 Å². The summed E-state index contributed by atoms with van der Waals surface area (Å²) in [5.41, 5.74) is 2.87. The molecule has 192 valence electrons. The highest BCUT2D eigenvalue weighted by molar-refractivity contribution is 7.89. The van der Waals surface area contributed by atoms with Gasteiger partial charge in [0.15, 0.2) is 0 Å². The molecule has 0 bridgehead atoms. The van der Waals surface area contributed by atoms with Crippen molar-refractivity contribution in [1.29, 1.82) is 0 Å². The third-order valence-electron chi connectivity index (χ3n) is 5.56. The van der Waals surface area contributed by atoms with Gasteiger partial charge in [0.2, 0.25) is 15.9 Å². The molecular weight excluding hydrogens is 470 g/mol. The zero-order chi connectivity index (χ0) is 25.4. The predicted octanol–water partition coefficient (Wildman–Crippen LogP) is 3.24. The van der Waals surface area contributed by atoms with Gasteiger partial charge in [0.25, 0.3) is 0 Å². The zero-order valence-corrected chi connectivity index (χ0v) is 21.7. The van der Waals surface area contributed by atoms with E-state index in [1.807, 2.05) is 32.9 Å². The van der Waals surface area contributed by atoms with E-state index in [-0.39, 0.29) is 23.8 Å². The van der Waals surface area contributed by atoms with Crippen LogP contribution in [0.4, 0.5) is 11.4 Å². The first-order chi connectivity index (χ1) is 16.7. The predicted molar refractivity (Wildman–Crippen MR) is 136 cm³/mol. The smallest absolute Gasteiger partial charge is 0.240 e. The number of aryl methyl sites for hydroxylation is 2. The van der Waals surface area contributed by atoms with E-state index in [2.05, 4.69) is 14.9 Å². The summed E-state index contributed by atoms with van der Waals surface area (Å²) >= 11 is 0. The number of rotatable bonds is 11. The van der Waals surface area contributed by atoms with E-state index in [0.717, 1.165) is 24.3 Å². The van der Waals surface area contributed by atoms with E-state index in [1.165, 1.54) is 0 Å². The molecule has 10 heteroatoms. The van der Waals surface area contributed by atoms with Crippen molar-refractivity contribution in [3.05, 3.63) is 41.5 Å². The van der Waals surface area contributed by atoms with Gasteiger partial charge in [0.1, 0.15) is 11.5 Å². The lowest BCUT2D eigenvalue weighted by atomic mass is 10.2. The first kappa shape index (κ1) is 26.8. The Bertz CT molecular complexity index is 1130. The SMILES string of the molecule is CCOc1cc(N2CCOCC2)c(OCC)cc1NC(=O)CCNS(=O)(=O)c1cc(C)ccc1C. The summed E-state index contributed by atoms with van der Waals surface area (Å²) in [4.78, 5) is 15.1. The lowest BCUT2D eigenvalue weighted by molar-refractivity contribution is -0.116. The number of sulfonamides is 1. The second-order valence-electron chi connectivity index (χ2n) is 8.25. The number of morpholine rings is 1. The first-order valence-electron chi connectivity index (χ1n) is 11.9. The van der Waals surface area contributed by atoms with E-state index in [1.54, 1.807) is 25.1 Å². The number of carbonyl (C=O) groups is 1. The van der Waals surface area contributed by atoms with Crippen LogP contribution in [0, 0.1) is 13.8 Å². The van der Waals surface area contributed by atoms with Gasteiger partial charge in [-0.3, -0.25) is 4.79 Å². The fourth-order valence-electron chi connectivity index (χ4n) is 3.83. The van der Waals surface area contributed by atoms with Crippen molar-refractivity contribution in [2.75, 3.05) is 56.3 Å². The molecule has 2 aromatic carbocycles. The maximum absolute atomic E-state index is 12.7. The molecule has 1 fully saturated rings. The lowest BCUT2D eigenvalue weighted by Gasteiger charge is -2.31. The molecule has 3 rings (SSSR count). The second-order valence-corrected chi connectivity index (χ2v) is 9.98. The second kappa shape index (κ2) is 12.2. The Hall–Kier alpha value is -2.82. The van der Waals surface area contributed by atoms with Gasteiger partial charge >= 0.3 is 0 Å². The van der Waals surface area contributed by atoms with Crippen LogP contribution in [0.1, 0.15) is 31.4 Å². The third kappa shape index (κ3) is 7.09.